The third kappa shape index (κ3) is 5.04. The van der Waals surface area contributed by atoms with Crippen LogP contribution in [0.3, 0.4) is 0 Å². The van der Waals surface area contributed by atoms with Gasteiger partial charge in [0.15, 0.2) is 12.4 Å². The standard InChI is InChI=1S/C17H17ClN2O5S/c1-10-7-13(26(19,23)24)4-5-15(10)20-17(22)9-25-16-6-3-12(18)8-14(16)11(2)21/h3-8H,9H2,1-2H3,(H,20,22)(H2,19,23,24). The molecule has 0 fully saturated rings. The summed E-state index contributed by atoms with van der Waals surface area (Å²) in [5, 5.41) is 8.06. The van der Waals surface area contributed by atoms with Crippen molar-refractivity contribution in [3.05, 3.63) is 52.5 Å². The number of carbonyl (C=O) groups is 2. The lowest BCUT2D eigenvalue weighted by Crippen LogP contribution is -2.21. The van der Waals surface area contributed by atoms with E-state index in [2.05, 4.69) is 5.32 Å². The Morgan fingerprint density at radius 1 is 1.19 bits per heavy atom. The number of benzene rings is 2. The Kier molecular flexibility index (Phi) is 6.01. The molecule has 0 radical (unpaired) electrons. The molecule has 0 aliphatic heterocycles. The lowest BCUT2D eigenvalue weighted by Gasteiger charge is -2.12. The van der Waals surface area contributed by atoms with Crippen LogP contribution in [0.5, 0.6) is 5.75 Å². The van der Waals surface area contributed by atoms with Crippen molar-refractivity contribution in [3.63, 3.8) is 0 Å². The molecular formula is C17H17ClN2O5S. The average Bonchev–Trinajstić information content (AvgIpc) is 2.54. The van der Waals surface area contributed by atoms with E-state index in [4.69, 9.17) is 21.5 Å². The quantitative estimate of drug-likeness (QED) is 0.728. The molecule has 3 N–H and O–H groups in total. The first-order chi connectivity index (χ1) is 12.1. The van der Waals surface area contributed by atoms with Crippen molar-refractivity contribution in [1.82, 2.24) is 0 Å². The molecule has 138 valence electrons. The summed E-state index contributed by atoms with van der Waals surface area (Å²) in [5.74, 6) is -0.461. The van der Waals surface area contributed by atoms with Gasteiger partial charge in [0.2, 0.25) is 10.0 Å². The van der Waals surface area contributed by atoms with Crippen LogP contribution in [0.15, 0.2) is 41.3 Å². The summed E-state index contributed by atoms with van der Waals surface area (Å²) in [7, 11) is -3.81. The molecule has 7 nitrogen and oxygen atoms in total. The molecular weight excluding hydrogens is 380 g/mol. The van der Waals surface area contributed by atoms with Gasteiger partial charge in [-0.1, -0.05) is 11.6 Å². The maximum absolute atomic E-state index is 12.1. The number of halogens is 1. The zero-order chi connectivity index (χ0) is 19.5. The van der Waals surface area contributed by atoms with E-state index in [9.17, 15) is 18.0 Å². The van der Waals surface area contributed by atoms with Crippen molar-refractivity contribution < 1.29 is 22.7 Å². The Hall–Kier alpha value is -2.42. The number of hydrogen-bond donors (Lipinski definition) is 2. The molecule has 26 heavy (non-hydrogen) atoms. The molecule has 0 spiro atoms. The number of carbonyl (C=O) groups excluding carboxylic acids is 2. The molecule has 0 heterocycles. The number of aryl methyl sites for hydroxylation is 1. The zero-order valence-corrected chi connectivity index (χ0v) is 15.6. The van der Waals surface area contributed by atoms with E-state index >= 15 is 0 Å². The highest BCUT2D eigenvalue weighted by molar-refractivity contribution is 7.89. The summed E-state index contributed by atoms with van der Waals surface area (Å²) in [6, 6.07) is 8.63. The first-order valence-electron chi connectivity index (χ1n) is 7.44. The Morgan fingerprint density at radius 3 is 2.46 bits per heavy atom. The van der Waals surface area contributed by atoms with E-state index < -0.39 is 15.9 Å². The van der Waals surface area contributed by atoms with Gasteiger partial charge in [-0.2, -0.15) is 0 Å². The topological polar surface area (TPSA) is 116 Å². The normalized spacial score (nSPS) is 11.1. The van der Waals surface area contributed by atoms with E-state index in [-0.39, 0.29) is 28.6 Å². The van der Waals surface area contributed by atoms with Gasteiger partial charge >= 0.3 is 0 Å². The number of sulfonamides is 1. The molecule has 2 aromatic carbocycles. The van der Waals surface area contributed by atoms with E-state index in [1.807, 2.05) is 0 Å². The van der Waals surface area contributed by atoms with Crippen LogP contribution < -0.4 is 15.2 Å². The van der Waals surface area contributed by atoms with E-state index in [1.165, 1.54) is 37.3 Å². The number of anilines is 1. The number of primary sulfonamides is 1. The second-order valence-electron chi connectivity index (χ2n) is 5.56. The number of ether oxygens (including phenoxy) is 1. The molecule has 2 aromatic rings. The number of Topliss-reactive ketones (excluding diaryl/α,β-unsaturated/α-hetero) is 1. The van der Waals surface area contributed by atoms with Crippen molar-refractivity contribution in [1.29, 1.82) is 0 Å². The lowest BCUT2D eigenvalue weighted by atomic mass is 10.1. The van der Waals surface area contributed by atoms with Gasteiger partial charge in [-0.05, 0) is 55.8 Å². The minimum atomic E-state index is -3.81. The van der Waals surface area contributed by atoms with Crippen molar-refractivity contribution >= 4 is 39.0 Å². The van der Waals surface area contributed by atoms with Gasteiger partial charge < -0.3 is 10.1 Å². The number of rotatable bonds is 6. The minimum Gasteiger partial charge on any atom is -0.483 e. The summed E-state index contributed by atoms with van der Waals surface area (Å²) in [6.07, 6.45) is 0. The van der Waals surface area contributed by atoms with Crippen LogP contribution in [-0.4, -0.2) is 26.7 Å². The average molecular weight is 397 g/mol. The molecule has 0 aliphatic carbocycles. The second-order valence-corrected chi connectivity index (χ2v) is 7.55. The summed E-state index contributed by atoms with van der Waals surface area (Å²) in [4.78, 5) is 23.6. The van der Waals surface area contributed by atoms with Crippen molar-refractivity contribution in [2.45, 2.75) is 18.7 Å². The molecule has 0 saturated carbocycles. The summed E-state index contributed by atoms with van der Waals surface area (Å²) < 4.78 is 28.0. The van der Waals surface area contributed by atoms with Gasteiger partial charge in [-0.15, -0.1) is 0 Å². The second kappa shape index (κ2) is 7.86. The van der Waals surface area contributed by atoms with Crippen molar-refractivity contribution in [3.8, 4) is 5.75 Å². The number of amides is 1. The van der Waals surface area contributed by atoms with Gasteiger partial charge in [0.1, 0.15) is 5.75 Å². The third-order valence-electron chi connectivity index (χ3n) is 3.48. The fraction of sp³-hybridized carbons (Fsp3) is 0.176. The fourth-order valence-electron chi connectivity index (χ4n) is 2.19. The molecule has 0 aliphatic rings. The van der Waals surface area contributed by atoms with Crippen molar-refractivity contribution in [2.24, 2.45) is 5.14 Å². The van der Waals surface area contributed by atoms with E-state index in [0.29, 0.717) is 16.3 Å². The maximum atomic E-state index is 12.1. The van der Waals surface area contributed by atoms with Crippen LogP contribution in [0.25, 0.3) is 0 Å². The van der Waals surface area contributed by atoms with Gasteiger partial charge in [0.05, 0.1) is 10.5 Å². The molecule has 0 saturated heterocycles. The number of nitrogens with one attached hydrogen (secondary N) is 1. The Bertz CT molecular complexity index is 973. The smallest absolute Gasteiger partial charge is 0.262 e. The molecule has 0 bridgehead atoms. The first-order valence-corrected chi connectivity index (χ1v) is 9.37. The van der Waals surface area contributed by atoms with Crippen LogP contribution in [0, 0.1) is 6.92 Å². The molecule has 0 aromatic heterocycles. The molecule has 0 unspecified atom stereocenters. The third-order valence-corrected chi connectivity index (χ3v) is 4.63. The fourth-order valence-corrected chi connectivity index (χ4v) is 2.96. The highest BCUT2D eigenvalue weighted by Crippen LogP contribution is 2.24. The minimum absolute atomic E-state index is 0.0449. The van der Waals surface area contributed by atoms with E-state index in [1.54, 1.807) is 13.0 Å². The maximum Gasteiger partial charge on any atom is 0.262 e. The molecule has 0 atom stereocenters. The van der Waals surface area contributed by atoms with Gasteiger partial charge in [0.25, 0.3) is 5.91 Å². The van der Waals surface area contributed by atoms with Crippen LogP contribution in [-0.2, 0) is 14.8 Å². The highest BCUT2D eigenvalue weighted by Gasteiger charge is 2.13. The van der Waals surface area contributed by atoms with Gasteiger partial charge in [0, 0.05) is 10.7 Å². The lowest BCUT2D eigenvalue weighted by molar-refractivity contribution is -0.118. The molecule has 1 amide bonds. The predicted molar refractivity (Wildman–Crippen MR) is 98.1 cm³/mol. The van der Waals surface area contributed by atoms with Crippen molar-refractivity contribution in [2.75, 3.05) is 11.9 Å². The summed E-state index contributed by atoms with van der Waals surface area (Å²) in [5.41, 5.74) is 1.23. The SMILES string of the molecule is CC(=O)c1cc(Cl)ccc1OCC(=O)Nc1ccc(S(N)(=O)=O)cc1C. The van der Waals surface area contributed by atoms with Crippen LogP contribution in [0.1, 0.15) is 22.8 Å². The van der Waals surface area contributed by atoms with Gasteiger partial charge in [-0.3, -0.25) is 9.59 Å². The zero-order valence-electron chi connectivity index (χ0n) is 14.1. The monoisotopic (exact) mass is 396 g/mol. The Balaban J connectivity index is 2.08. The number of hydrogen-bond acceptors (Lipinski definition) is 5. The number of nitrogens with two attached hydrogens (primary N) is 1. The van der Waals surface area contributed by atoms with Crippen LogP contribution >= 0.6 is 11.6 Å². The van der Waals surface area contributed by atoms with E-state index in [0.717, 1.165) is 0 Å². The number of ketones is 1. The van der Waals surface area contributed by atoms with Crippen LogP contribution in [0.4, 0.5) is 5.69 Å². The Labute approximate surface area is 156 Å². The summed E-state index contributed by atoms with van der Waals surface area (Å²) in [6.45, 7) is 2.67. The largest absolute Gasteiger partial charge is 0.483 e. The predicted octanol–water partition coefficient (Wildman–Crippen LogP) is 2.52. The first kappa shape index (κ1) is 19.9. The molecule has 9 heteroatoms. The Morgan fingerprint density at radius 2 is 1.88 bits per heavy atom. The highest BCUT2D eigenvalue weighted by atomic mass is 35.5. The van der Waals surface area contributed by atoms with Gasteiger partial charge in [-0.25, -0.2) is 13.6 Å². The molecule has 2 rings (SSSR count). The summed E-state index contributed by atoms with van der Waals surface area (Å²) >= 11 is 5.85. The van der Waals surface area contributed by atoms with Crippen LogP contribution in [0.2, 0.25) is 5.02 Å².